The zero-order valence-electron chi connectivity index (χ0n) is 22.8. The molecule has 0 aromatic carbocycles. The van der Waals surface area contributed by atoms with E-state index in [1.54, 1.807) is 27.0 Å². The van der Waals surface area contributed by atoms with Crippen LogP contribution in [0.2, 0.25) is 0 Å². The molecule has 0 aromatic heterocycles. The lowest BCUT2D eigenvalue weighted by atomic mass is 10.1. The Hall–Kier alpha value is -1.89. The number of esters is 1. The molecule has 1 unspecified atom stereocenters. The van der Waals surface area contributed by atoms with Gasteiger partial charge in [0.25, 0.3) is 0 Å². The van der Waals surface area contributed by atoms with Crippen molar-refractivity contribution in [1.29, 1.82) is 0 Å². The molecule has 0 saturated carbocycles. The lowest BCUT2D eigenvalue weighted by Crippen LogP contribution is -2.41. The van der Waals surface area contributed by atoms with Crippen molar-refractivity contribution < 1.29 is 19.1 Å². The number of piperidine rings is 1. The van der Waals surface area contributed by atoms with E-state index < -0.39 is 0 Å². The Morgan fingerprint density at radius 3 is 2.00 bits per heavy atom. The number of nitrogens with zero attached hydrogens (tertiary/aromatic N) is 2. The maximum Gasteiger partial charge on any atom is 0.333 e. The summed E-state index contributed by atoms with van der Waals surface area (Å²) < 4.78 is 4.88. The largest absolute Gasteiger partial charge is 0.463 e. The topological polar surface area (TPSA) is 79.0 Å². The predicted octanol–water partition coefficient (Wildman–Crippen LogP) is 4.41. The summed E-state index contributed by atoms with van der Waals surface area (Å²) in [6, 6.07) is 0.616. The second-order valence-electron chi connectivity index (χ2n) is 9.14. The number of likely N-dealkylation sites (N-methyl/N-ethyl adjacent to an activating group) is 1. The fraction of sp³-hybridized carbons (Fsp3) is 0.808. The lowest BCUT2D eigenvalue weighted by molar-refractivity contribution is -0.138. The molecule has 0 aromatic rings. The van der Waals surface area contributed by atoms with Crippen LogP contribution in [0.15, 0.2) is 11.6 Å². The van der Waals surface area contributed by atoms with Crippen LogP contribution in [0, 0.1) is 5.92 Å². The first-order valence-corrected chi connectivity index (χ1v) is 12.6. The Kier molecular flexibility index (Phi) is 20.9. The second-order valence-corrected chi connectivity index (χ2v) is 9.14. The third-order valence-electron chi connectivity index (χ3n) is 5.29. The second kappa shape index (κ2) is 20.7. The molecule has 2 atom stereocenters. The third kappa shape index (κ3) is 17.3. The van der Waals surface area contributed by atoms with Crippen LogP contribution < -0.4 is 5.32 Å². The summed E-state index contributed by atoms with van der Waals surface area (Å²) in [5.74, 6) is 0.236. The summed E-state index contributed by atoms with van der Waals surface area (Å²) in [5.41, 5.74) is 0.469. The molecule has 7 nitrogen and oxygen atoms in total. The highest BCUT2D eigenvalue weighted by Crippen LogP contribution is 2.13. The van der Waals surface area contributed by atoms with Crippen LogP contribution in [0.5, 0.6) is 0 Å². The van der Waals surface area contributed by atoms with Gasteiger partial charge in [-0.3, -0.25) is 9.59 Å². The van der Waals surface area contributed by atoms with Gasteiger partial charge in [-0.2, -0.15) is 0 Å². The molecule has 7 heteroatoms. The maximum atomic E-state index is 11.7. The van der Waals surface area contributed by atoms with Crippen LogP contribution in [-0.4, -0.2) is 73.5 Å². The van der Waals surface area contributed by atoms with Gasteiger partial charge in [0.1, 0.15) is 0 Å². The lowest BCUT2D eigenvalue weighted by Gasteiger charge is -2.31. The quantitative estimate of drug-likeness (QED) is 0.291. The smallest absolute Gasteiger partial charge is 0.333 e. The van der Waals surface area contributed by atoms with Gasteiger partial charge < -0.3 is 19.9 Å². The van der Waals surface area contributed by atoms with E-state index in [0.29, 0.717) is 25.0 Å². The summed E-state index contributed by atoms with van der Waals surface area (Å²) in [6.45, 7) is 19.4. The molecular formula is C26H51N3O4. The molecule has 0 aliphatic carbocycles. The first-order valence-electron chi connectivity index (χ1n) is 12.6. The number of hydrogen-bond acceptors (Lipinski definition) is 5. The average Bonchev–Trinajstić information content (AvgIpc) is 2.80. The van der Waals surface area contributed by atoms with Gasteiger partial charge in [0.15, 0.2) is 0 Å². The highest BCUT2D eigenvalue weighted by atomic mass is 16.5. The van der Waals surface area contributed by atoms with Crippen LogP contribution >= 0.6 is 0 Å². The number of likely N-dealkylation sites (tertiary alicyclic amines) is 1. The molecule has 1 N–H and O–H groups in total. The molecule has 1 fully saturated rings. The summed E-state index contributed by atoms with van der Waals surface area (Å²) in [5, 5.41) is 2.32. The van der Waals surface area contributed by atoms with E-state index in [0.717, 1.165) is 12.0 Å². The van der Waals surface area contributed by atoms with Crippen LogP contribution in [0.25, 0.3) is 0 Å². The van der Waals surface area contributed by atoms with E-state index >= 15 is 0 Å². The number of carbonyl (C=O) groups excluding carboxylic acids is 3. The highest BCUT2D eigenvalue weighted by Gasteiger charge is 2.18. The molecule has 33 heavy (non-hydrogen) atoms. The molecule has 1 aliphatic rings. The summed E-state index contributed by atoms with van der Waals surface area (Å²) in [7, 11) is 1.64. The Morgan fingerprint density at radius 1 is 1.03 bits per heavy atom. The third-order valence-corrected chi connectivity index (χ3v) is 5.29. The fourth-order valence-corrected chi connectivity index (χ4v) is 3.16. The molecule has 0 bridgehead atoms. The maximum absolute atomic E-state index is 11.7. The van der Waals surface area contributed by atoms with Crippen molar-refractivity contribution in [2.75, 3.05) is 33.3 Å². The molecular weight excluding hydrogens is 418 g/mol. The van der Waals surface area contributed by atoms with Crippen molar-refractivity contribution in [3.8, 4) is 0 Å². The van der Waals surface area contributed by atoms with Crippen LogP contribution in [0.3, 0.4) is 0 Å². The van der Waals surface area contributed by atoms with E-state index in [1.165, 1.54) is 43.7 Å². The SMILES string of the molecule is CC(C)C.CCC(C)N1CCCCC1.CCOC(=O)/C(C)=C/[C@H](CC)N(C)C(=O)CNC=O. The summed E-state index contributed by atoms with van der Waals surface area (Å²) in [4.78, 5) is 37.5. The van der Waals surface area contributed by atoms with Crippen molar-refractivity contribution in [2.45, 2.75) is 99.6 Å². The van der Waals surface area contributed by atoms with Crippen molar-refractivity contribution in [1.82, 2.24) is 15.1 Å². The van der Waals surface area contributed by atoms with Gasteiger partial charge in [0.2, 0.25) is 12.3 Å². The van der Waals surface area contributed by atoms with Gasteiger partial charge >= 0.3 is 5.97 Å². The van der Waals surface area contributed by atoms with Crippen molar-refractivity contribution in [2.24, 2.45) is 5.92 Å². The molecule has 1 heterocycles. The molecule has 0 radical (unpaired) electrons. The Morgan fingerprint density at radius 2 is 1.58 bits per heavy atom. The zero-order valence-corrected chi connectivity index (χ0v) is 22.8. The van der Waals surface area contributed by atoms with Gasteiger partial charge in [-0.25, -0.2) is 4.79 Å². The van der Waals surface area contributed by atoms with E-state index in [9.17, 15) is 14.4 Å². The molecule has 2 amide bonds. The number of hydrogen-bond donors (Lipinski definition) is 1. The Balaban J connectivity index is 0. The average molecular weight is 470 g/mol. The molecule has 194 valence electrons. The van der Waals surface area contributed by atoms with Gasteiger partial charge in [0, 0.05) is 18.7 Å². The van der Waals surface area contributed by atoms with Crippen molar-refractivity contribution in [3.05, 3.63) is 11.6 Å². The molecule has 1 rings (SSSR count). The predicted molar refractivity (Wildman–Crippen MR) is 137 cm³/mol. The van der Waals surface area contributed by atoms with Gasteiger partial charge in [-0.1, -0.05) is 47.1 Å². The number of amides is 2. The van der Waals surface area contributed by atoms with E-state index in [1.807, 2.05) is 6.92 Å². The minimum Gasteiger partial charge on any atom is -0.463 e. The van der Waals surface area contributed by atoms with Crippen molar-refractivity contribution in [3.63, 3.8) is 0 Å². The minimum absolute atomic E-state index is 0.0528. The highest BCUT2D eigenvalue weighted by molar-refractivity contribution is 5.88. The van der Waals surface area contributed by atoms with Crippen molar-refractivity contribution >= 4 is 18.3 Å². The standard InChI is InChI=1S/C13H22N2O4.C9H19N.C4H10/c1-5-11(7-10(3)13(18)19-6-2)15(4)12(17)8-14-9-16;1-3-9(2)10-7-5-4-6-8-10;1-4(2)3/h7,9,11H,5-6,8H2,1-4H3,(H,14,16);9H,3-8H2,1-2H3;4H,1-3H3/b10-7+;;/t11-;;/m0../s1. The molecule has 0 spiro atoms. The fourth-order valence-electron chi connectivity index (χ4n) is 3.16. The van der Waals surface area contributed by atoms with Gasteiger partial charge in [-0.15, -0.1) is 0 Å². The first kappa shape index (κ1) is 33.3. The van der Waals surface area contributed by atoms with Crippen LogP contribution in [-0.2, 0) is 19.1 Å². The van der Waals surface area contributed by atoms with Crippen LogP contribution in [0.1, 0.15) is 87.5 Å². The zero-order chi connectivity index (χ0) is 25.8. The summed E-state index contributed by atoms with van der Waals surface area (Å²) in [6.07, 6.45) is 8.45. The normalized spacial score (nSPS) is 15.8. The first-order chi connectivity index (χ1) is 15.5. The summed E-state index contributed by atoms with van der Waals surface area (Å²) >= 11 is 0. The van der Waals surface area contributed by atoms with Gasteiger partial charge in [-0.05, 0) is 65.5 Å². The Labute approximate surface area is 203 Å². The molecule has 1 aliphatic heterocycles. The number of nitrogens with one attached hydrogen (secondary N) is 1. The van der Waals surface area contributed by atoms with Crippen LogP contribution in [0.4, 0.5) is 0 Å². The Bertz CT molecular complexity index is 555. The van der Waals surface area contributed by atoms with E-state index in [4.69, 9.17) is 4.74 Å². The molecule has 1 saturated heterocycles. The number of rotatable bonds is 10. The van der Waals surface area contributed by atoms with E-state index in [2.05, 4.69) is 44.8 Å². The van der Waals surface area contributed by atoms with Gasteiger partial charge in [0.05, 0.1) is 19.2 Å². The number of ether oxygens (including phenoxy) is 1. The minimum atomic E-state index is -0.382. The monoisotopic (exact) mass is 469 g/mol. The number of carbonyl (C=O) groups is 3. The van der Waals surface area contributed by atoms with E-state index in [-0.39, 0.29) is 24.5 Å².